The number of allylic oxidation sites excluding steroid dienone is 2. The van der Waals surface area contributed by atoms with Crippen molar-refractivity contribution in [3.63, 3.8) is 0 Å². The topological polar surface area (TPSA) is 12.5 Å². The van der Waals surface area contributed by atoms with Crippen molar-refractivity contribution in [1.29, 1.82) is 0 Å². The quantitative estimate of drug-likeness (QED) is 0.485. The monoisotopic (exact) mass is 218 g/mol. The zero-order valence-corrected chi connectivity index (χ0v) is 10.1. The lowest BCUT2D eigenvalue weighted by Crippen LogP contribution is -2.23. The average molecular weight is 218 g/mol. The summed E-state index contributed by atoms with van der Waals surface area (Å²) in [6.07, 6.45) is 13.2. The van der Waals surface area contributed by atoms with Gasteiger partial charge in [-0.1, -0.05) is 19.1 Å². The van der Waals surface area contributed by atoms with Crippen molar-refractivity contribution in [2.75, 3.05) is 0 Å². The summed E-state index contributed by atoms with van der Waals surface area (Å²) in [5, 5.41) is 0. The molecular weight excluding hydrogens is 196 g/mol. The van der Waals surface area contributed by atoms with Crippen molar-refractivity contribution in [3.05, 3.63) is 12.2 Å². The highest BCUT2D eigenvalue weighted by Gasteiger charge is 2.62. The molecule has 0 bridgehead atoms. The first kappa shape index (κ1) is 9.70. The van der Waals surface area contributed by atoms with E-state index in [0.29, 0.717) is 12.2 Å². The molecule has 88 valence electrons. The molecule has 0 aromatic rings. The van der Waals surface area contributed by atoms with E-state index in [1.807, 2.05) is 0 Å². The van der Waals surface area contributed by atoms with Gasteiger partial charge in [0.2, 0.25) is 0 Å². The van der Waals surface area contributed by atoms with Gasteiger partial charge in [-0.25, -0.2) is 0 Å². The highest BCUT2D eigenvalue weighted by atomic mass is 16.6. The Morgan fingerprint density at radius 3 is 2.88 bits per heavy atom. The molecule has 4 aliphatic rings. The van der Waals surface area contributed by atoms with Crippen LogP contribution in [0.3, 0.4) is 0 Å². The minimum atomic E-state index is 0.680. The van der Waals surface area contributed by atoms with E-state index in [2.05, 4.69) is 19.1 Å². The second-order valence-electron chi connectivity index (χ2n) is 6.54. The maximum atomic E-state index is 5.76. The number of ether oxygens (including phenoxy) is 1. The molecule has 0 N–H and O–H groups in total. The Bertz CT molecular complexity index is 321. The third-order valence-corrected chi connectivity index (χ3v) is 5.77. The Hall–Kier alpha value is -0.300. The zero-order valence-electron chi connectivity index (χ0n) is 10.1. The summed E-state index contributed by atoms with van der Waals surface area (Å²) in [7, 11) is 0. The van der Waals surface area contributed by atoms with Crippen LogP contribution in [0.25, 0.3) is 0 Å². The van der Waals surface area contributed by atoms with E-state index in [1.54, 1.807) is 0 Å². The van der Waals surface area contributed by atoms with Crippen LogP contribution in [-0.2, 0) is 4.74 Å². The summed E-state index contributed by atoms with van der Waals surface area (Å²) >= 11 is 0. The zero-order chi connectivity index (χ0) is 10.7. The molecule has 0 amide bonds. The van der Waals surface area contributed by atoms with E-state index in [0.717, 1.165) is 29.6 Å². The van der Waals surface area contributed by atoms with Crippen LogP contribution in [0.1, 0.15) is 39.0 Å². The molecule has 4 rings (SSSR count). The molecule has 0 spiro atoms. The summed E-state index contributed by atoms with van der Waals surface area (Å²) in [6, 6.07) is 0. The van der Waals surface area contributed by atoms with Gasteiger partial charge in [0.05, 0.1) is 12.2 Å². The maximum Gasteiger partial charge on any atom is 0.0875 e. The highest BCUT2D eigenvalue weighted by molar-refractivity contribution is 5.10. The third-order valence-electron chi connectivity index (χ3n) is 5.77. The Balaban J connectivity index is 1.54. The van der Waals surface area contributed by atoms with E-state index in [1.165, 1.54) is 32.1 Å². The molecule has 1 aliphatic heterocycles. The van der Waals surface area contributed by atoms with Crippen molar-refractivity contribution in [2.45, 2.75) is 51.2 Å². The van der Waals surface area contributed by atoms with Gasteiger partial charge < -0.3 is 4.74 Å². The molecule has 1 nitrogen and oxygen atoms in total. The van der Waals surface area contributed by atoms with E-state index in [-0.39, 0.29) is 0 Å². The van der Waals surface area contributed by atoms with E-state index in [9.17, 15) is 0 Å². The minimum absolute atomic E-state index is 0.680. The van der Waals surface area contributed by atoms with Crippen LogP contribution in [-0.4, -0.2) is 12.2 Å². The normalized spacial score (nSPS) is 58.4. The molecule has 0 radical (unpaired) electrons. The Morgan fingerprint density at radius 2 is 2.06 bits per heavy atom. The molecule has 6 unspecified atom stereocenters. The molecule has 1 heteroatoms. The number of fused-ring (bicyclic) bond motifs is 3. The van der Waals surface area contributed by atoms with Gasteiger partial charge in [0.1, 0.15) is 0 Å². The molecule has 1 heterocycles. The fourth-order valence-electron chi connectivity index (χ4n) is 5.07. The summed E-state index contributed by atoms with van der Waals surface area (Å²) in [5.74, 6) is 4.91. The predicted octanol–water partition coefficient (Wildman–Crippen LogP) is 3.40. The molecule has 1 saturated heterocycles. The van der Waals surface area contributed by atoms with Crippen molar-refractivity contribution >= 4 is 0 Å². The van der Waals surface area contributed by atoms with Gasteiger partial charge in [-0.05, 0) is 61.7 Å². The Morgan fingerprint density at radius 1 is 1.12 bits per heavy atom. The van der Waals surface area contributed by atoms with Crippen LogP contribution >= 0.6 is 0 Å². The molecule has 16 heavy (non-hydrogen) atoms. The molecular formula is C15H22O. The summed E-state index contributed by atoms with van der Waals surface area (Å²) < 4.78 is 5.76. The minimum Gasteiger partial charge on any atom is -0.369 e. The third kappa shape index (κ3) is 1.27. The SMILES string of the molecule is C[C@@H]1CC(C2CC=CCC2)C2CC3OC3C21. The predicted molar refractivity (Wildman–Crippen MR) is 64.0 cm³/mol. The number of hydrogen-bond acceptors (Lipinski definition) is 1. The molecule has 2 saturated carbocycles. The Labute approximate surface area is 98.2 Å². The van der Waals surface area contributed by atoms with E-state index >= 15 is 0 Å². The maximum absolute atomic E-state index is 5.76. The van der Waals surface area contributed by atoms with Gasteiger partial charge in [0, 0.05) is 0 Å². The van der Waals surface area contributed by atoms with Gasteiger partial charge >= 0.3 is 0 Å². The first-order valence-electron chi connectivity index (χ1n) is 7.15. The van der Waals surface area contributed by atoms with Crippen molar-refractivity contribution in [1.82, 2.24) is 0 Å². The van der Waals surface area contributed by atoms with Crippen molar-refractivity contribution in [2.24, 2.45) is 29.6 Å². The number of hydrogen-bond donors (Lipinski definition) is 0. The van der Waals surface area contributed by atoms with Crippen LogP contribution in [0.4, 0.5) is 0 Å². The van der Waals surface area contributed by atoms with Gasteiger partial charge in [-0.2, -0.15) is 0 Å². The smallest absolute Gasteiger partial charge is 0.0875 e. The van der Waals surface area contributed by atoms with Crippen LogP contribution in [0.5, 0.6) is 0 Å². The summed E-state index contributed by atoms with van der Waals surface area (Å²) in [6.45, 7) is 2.47. The van der Waals surface area contributed by atoms with E-state index in [4.69, 9.17) is 4.74 Å². The van der Waals surface area contributed by atoms with Gasteiger partial charge in [-0.15, -0.1) is 0 Å². The van der Waals surface area contributed by atoms with Gasteiger partial charge in [0.25, 0.3) is 0 Å². The molecule has 0 aromatic carbocycles. The van der Waals surface area contributed by atoms with Crippen LogP contribution in [0.2, 0.25) is 0 Å². The number of rotatable bonds is 1. The molecule has 3 fully saturated rings. The fourth-order valence-corrected chi connectivity index (χ4v) is 5.07. The van der Waals surface area contributed by atoms with Crippen molar-refractivity contribution in [3.8, 4) is 0 Å². The highest BCUT2D eigenvalue weighted by Crippen LogP contribution is 2.60. The molecule has 3 aliphatic carbocycles. The lowest BCUT2D eigenvalue weighted by molar-refractivity contribution is 0.155. The van der Waals surface area contributed by atoms with Crippen LogP contribution in [0.15, 0.2) is 12.2 Å². The second-order valence-corrected chi connectivity index (χ2v) is 6.54. The van der Waals surface area contributed by atoms with Crippen molar-refractivity contribution < 1.29 is 4.74 Å². The summed E-state index contributed by atoms with van der Waals surface area (Å²) in [5.41, 5.74) is 0. The van der Waals surface area contributed by atoms with Crippen LogP contribution < -0.4 is 0 Å². The second kappa shape index (κ2) is 3.35. The standard InChI is InChI=1S/C15H22O/c1-9-7-11(10-5-3-2-4-6-10)12-8-13-15(16-13)14(9)12/h2-3,9-15H,4-8H2,1H3/t9-,10?,11?,12?,13?,14?,15?/m1/s1. The largest absolute Gasteiger partial charge is 0.369 e. The van der Waals surface area contributed by atoms with Gasteiger partial charge in [0.15, 0.2) is 0 Å². The first-order valence-corrected chi connectivity index (χ1v) is 7.15. The first-order chi connectivity index (χ1) is 7.84. The summed E-state index contributed by atoms with van der Waals surface area (Å²) in [4.78, 5) is 0. The van der Waals surface area contributed by atoms with E-state index < -0.39 is 0 Å². The van der Waals surface area contributed by atoms with Crippen LogP contribution in [0, 0.1) is 29.6 Å². The molecule has 0 aromatic heterocycles. The Kier molecular flexibility index (Phi) is 2.03. The lowest BCUT2D eigenvalue weighted by Gasteiger charge is -2.29. The fraction of sp³-hybridized carbons (Fsp3) is 0.867. The number of epoxide rings is 1. The molecule has 7 atom stereocenters. The average Bonchev–Trinajstić information content (AvgIpc) is 2.84. The lowest BCUT2D eigenvalue weighted by atomic mass is 9.76. The van der Waals surface area contributed by atoms with Gasteiger partial charge in [-0.3, -0.25) is 0 Å².